The Bertz CT molecular complexity index is 596. The molecule has 0 spiro atoms. The molecule has 2 aromatic rings. The van der Waals surface area contributed by atoms with Crippen LogP contribution in [0.5, 0.6) is 5.75 Å². The third-order valence-electron chi connectivity index (χ3n) is 2.96. The first-order chi connectivity index (χ1) is 9.07. The van der Waals surface area contributed by atoms with Gasteiger partial charge in [-0.15, -0.1) is 0 Å². The van der Waals surface area contributed by atoms with Crippen molar-refractivity contribution in [1.82, 2.24) is 10.1 Å². The molecule has 7 heteroatoms. The molecule has 3 rings (SSSR count). The first-order valence-electron chi connectivity index (χ1n) is 5.75. The molecule has 0 aliphatic heterocycles. The second-order valence-electron chi connectivity index (χ2n) is 4.49. The first-order valence-corrected chi connectivity index (χ1v) is 5.75. The molecule has 1 saturated carbocycles. The summed E-state index contributed by atoms with van der Waals surface area (Å²) in [5.74, 6) is 0.738. The maximum Gasteiger partial charge on any atom is 0.387 e. The van der Waals surface area contributed by atoms with E-state index in [-0.39, 0.29) is 5.75 Å². The number of alkyl halides is 2. The zero-order chi connectivity index (χ0) is 13.5. The molecular formula is C12H11F2N3O2. The molecule has 0 unspecified atom stereocenters. The van der Waals surface area contributed by atoms with Crippen LogP contribution in [0.2, 0.25) is 0 Å². The number of halogens is 2. The molecule has 0 saturated heterocycles. The highest BCUT2D eigenvalue weighted by atomic mass is 19.3. The molecule has 100 valence electrons. The molecule has 19 heavy (non-hydrogen) atoms. The number of nitrogens with zero attached hydrogens (tertiary/aromatic N) is 2. The molecule has 1 aromatic carbocycles. The van der Waals surface area contributed by atoms with Crippen LogP contribution in [0.15, 0.2) is 28.8 Å². The SMILES string of the molecule is NC1(c2nc(-c3cccc(OC(F)F)c3)no2)CC1. The topological polar surface area (TPSA) is 74.2 Å². The quantitative estimate of drug-likeness (QED) is 0.919. The van der Waals surface area contributed by atoms with E-state index in [0.717, 1.165) is 12.8 Å². The van der Waals surface area contributed by atoms with Crippen LogP contribution in [0.4, 0.5) is 8.78 Å². The maximum atomic E-state index is 12.1. The van der Waals surface area contributed by atoms with Gasteiger partial charge in [-0.1, -0.05) is 17.3 Å². The molecule has 2 N–H and O–H groups in total. The van der Waals surface area contributed by atoms with Crippen LogP contribution in [0.25, 0.3) is 11.4 Å². The van der Waals surface area contributed by atoms with Gasteiger partial charge in [-0.3, -0.25) is 0 Å². The Morgan fingerprint density at radius 2 is 2.16 bits per heavy atom. The van der Waals surface area contributed by atoms with E-state index in [9.17, 15) is 8.78 Å². The molecule has 0 atom stereocenters. The van der Waals surface area contributed by atoms with E-state index in [2.05, 4.69) is 14.9 Å². The summed E-state index contributed by atoms with van der Waals surface area (Å²) in [5.41, 5.74) is 5.96. The molecule has 1 fully saturated rings. The minimum atomic E-state index is -2.87. The van der Waals surface area contributed by atoms with Crippen molar-refractivity contribution in [1.29, 1.82) is 0 Å². The lowest BCUT2D eigenvalue weighted by Gasteiger charge is -2.04. The van der Waals surface area contributed by atoms with Crippen molar-refractivity contribution in [2.24, 2.45) is 5.73 Å². The highest BCUT2D eigenvalue weighted by Crippen LogP contribution is 2.42. The molecular weight excluding hydrogens is 256 g/mol. The van der Waals surface area contributed by atoms with E-state index < -0.39 is 12.2 Å². The minimum absolute atomic E-state index is 0.0488. The molecule has 1 aliphatic rings. The maximum absolute atomic E-state index is 12.1. The molecule has 1 heterocycles. The summed E-state index contributed by atoms with van der Waals surface area (Å²) in [6.07, 6.45) is 1.62. The van der Waals surface area contributed by atoms with Crippen LogP contribution < -0.4 is 10.5 Å². The number of rotatable bonds is 4. The van der Waals surface area contributed by atoms with Crippen molar-refractivity contribution >= 4 is 0 Å². The van der Waals surface area contributed by atoms with Gasteiger partial charge in [0.05, 0.1) is 5.54 Å². The predicted molar refractivity (Wildman–Crippen MR) is 61.5 cm³/mol. The number of hydrogen-bond acceptors (Lipinski definition) is 5. The standard InChI is InChI=1S/C12H11F2N3O2/c13-11(14)18-8-3-1-2-7(6-8)9-16-10(19-17-9)12(15)4-5-12/h1-3,6,11H,4-5,15H2. The highest BCUT2D eigenvalue weighted by molar-refractivity contribution is 5.57. The normalized spacial score (nSPS) is 16.6. The average Bonchev–Trinajstić information content (AvgIpc) is 2.93. The monoisotopic (exact) mass is 267 g/mol. The van der Waals surface area contributed by atoms with Crippen molar-refractivity contribution < 1.29 is 18.0 Å². The Morgan fingerprint density at radius 1 is 1.37 bits per heavy atom. The van der Waals surface area contributed by atoms with Crippen molar-refractivity contribution in [2.75, 3.05) is 0 Å². The fourth-order valence-corrected chi connectivity index (χ4v) is 1.70. The summed E-state index contributed by atoms with van der Waals surface area (Å²) in [6.45, 7) is -2.87. The minimum Gasteiger partial charge on any atom is -0.435 e. The number of hydrogen-bond donors (Lipinski definition) is 1. The van der Waals surface area contributed by atoms with Gasteiger partial charge < -0.3 is 15.0 Å². The average molecular weight is 267 g/mol. The van der Waals surface area contributed by atoms with E-state index in [1.165, 1.54) is 12.1 Å². The highest BCUT2D eigenvalue weighted by Gasteiger charge is 2.45. The number of benzene rings is 1. The first kappa shape index (κ1) is 12.0. The van der Waals surface area contributed by atoms with Crippen LogP contribution >= 0.6 is 0 Å². The predicted octanol–water partition coefficient (Wildman–Crippen LogP) is 2.29. The lowest BCUT2D eigenvalue weighted by molar-refractivity contribution is -0.0498. The fraction of sp³-hybridized carbons (Fsp3) is 0.333. The molecule has 5 nitrogen and oxygen atoms in total. The van der Waals surface area contributed by atoms with Crippen LogP contribution in [-0.4, -0.2) is 16.8 Å². The van der Waals surface area contributed by atoms with Crippen LogP contribution in [-0.2, 0) is 5.54 Å². The Labute approximate surface area is 107 Å². The van der Waals surface area contributed by atoms with Crippen molar-refractivity contribution in [3.05, 3.63) is 30.2 Å². The summed E-state index contributed by atoms with van der Waals surface area (Å²) in [7, 11) is 0. The smallest absolute Gasteiger partial charge is 0.387 e. The van der Waals surface area contributed by atoms with E-state index in [1.807, 2.05) is 0 Å². The Morgan fingerprint density at radius 3 is 2.84 bits per heavy atom. The zero-order valence-electron chi connectivity index (χ0n) is 9.85. The second-order valence-corrected chi connectivity index (χ2v) is 4.49. The van der Waals surface area contributed by atoms with Crippen molar-refractivity contribution in [3.63, 3.8) is 0 Å². The Hall–Kier alpha value is -2.02. The van der Waals surface area contributed by atoms with Gasteiger partial charge in [0, 0.05) is 5.56 Å². The largest absolute Gasteiger partial charge is 0.435 e. The lowest BCUT2D eigenvalue weighted by atomic mass is 10.2. The third kappa shape index (κ3) is 2.41. The second kappa shape index (κ2) is 4.27. The van der Waals surface area contributed by atoms with Gasteiger partial charge in [0.25, 0.3) is 0 Å². The van der Waals surface area contributed by atoms with Gasteiger partial charge in [0.1, 0.15) is 5.75 Å². The molecule has 0 bridgehead atoms. The van der Waals surface area contributed by atoms with E-state index in [4.69, 9.17) is 10.3 Å². The van der Waals surface area contributed by atoms with Crippen molar-refractivity contribution in [2.45, 2.75) is 25.0 Å². The van der Waals surface area contributed by atoms with Gasteiger partial charge in [-0.05, 0) is 25.0 Å². The molecule has 1 aliphatic carbocycles. The summed E-state index contributed by atoms with van der Waals surface area (Å²) in [4.78, 5) is 4.19. The van der Waals surface area contributed by atoms with Gasteiger partial charge in [-0.25, -0.2) is 0 Å². The molecule has 0 amide bonds. The zero-order valence-corrected chi connectivity index (χ0v) is 9.85. The summed E-state index contributed by atoms with van der Waals surface area (Å²) < 4.78 is 33.7. The lowest BCUT2D eigenvalue weighted by Crippen LogP contribution is -2.18. The van der Waals surface area contributed by atoms with Crippen LogP contribution in [0, 0.1) is 0 Å². The van der Waals surface area contributed by atoms with E-state index in [1.54, 1.807) is 12.1 Å². The Kier molecular flexibility index (Phi) is 2.70. The number of ether oxygens (including phenoxy) is 1. The molecule has 0 radical (unpaired) electrons. The van der Waals surface area contributed by atoms with Crippen LogP contribution in [0.3, 0.4) is 0 Å². The van der Waals surface area contributed by atoms with E-state index in [0.29, 0.717) is 17.3 Å². The van der Waals surface area contributed by atoms with Gasteiger partial charge in [-0.2, -0.15) is 13.8 Å². The Balaban J connectivity index is 1.87. The van der Waals surface area contributed by atoms with Gasteiger partial charge in [0.2, 0.25) is 11.7 Å². The van der Waals surface area contributed by atoms with Gasteiger partial charge >= 0.3 is 6.61 Å². The number of nitrogens with two attached hydrogens (primary N) is 1. The summed E-state index contributed by atoms with van der Waals surface area (Å²) in [6, 6.07) is 6.13. The number of aromatic nitrogens is 2. The summed E-state index contributed by atoms with van der Waals surface area (Å²) >= 11 is 0. The molecule has 1 aromatic heterocycles. The van der Waals surface area contributed by atoms with Crippen molar-refractivity contribution in [3.8, 4) is 17.1 Å². The van der Waals surface area contributed by atoms with Gasteiger partial charge in [0.15, 0.2) is 0 Å². The fourth-order valence-electron chi connectivity index (χ4n) is 1.70. The van der Waals surface area contributed by atoms with Crippen LogP contribution in [0.1, 0.15) is 18.7 Å². The van der Waals surface area contributed by atoms with E-state index >= 15 is 0 Å². The summed E-state index contributed by atoms with van der Waals surface area (Å²) in [5, 5.41) is 3.80. The third-order valence-corrected chi connectivity index (χ3v) is 2.96.